The molecule has 1 aromatic carbocycles. The van der Waals surface area contributed by atoms with Gasteiger partial charge in [0, 0.05) is 44.7 Å². The fraction of sp³-hybridized carbons (Fsp3) is 0.533. The third-order valence-electron chi connectivity index (χ3n) is 3.71. The van der Waals surface area contributed by atoms with Crippen LogP contribution in [0, 0.1) is 0 Å². The molecule has 6 heteroatoms. The predicted molar refractivity (Wildman–Crippen MR) is 86.5 cm³/mol. The van der Waals surface area contributed by atoms with Gasteiger partial charge in [0.25, 0.3) is 0 Å². The highest BCUT2D eigenvalue weighted by Crippen LogP contribution is 2.25. The van der Waals surface area contributed by atoms with Crippen LogP contribution in [0.2, 0.25) is 0 Å². The number of hydrogen-bond donors (Lipinski definition) is 1. The maximum Gasteiger partial charge on any atom is 0.240 e. The molecule has 1 fully saturated rings. The Balaban J connectivity index is 2.17. The topological polar surface area (TPSA) is 44.8 Å². The van der Waals surface area contributed by atoms with Crippen LogP contribution in [0.3, 0.4) is 0 Å². The van der Waals surface area contributed by atoms with Crippen LogP contribution in [-0.2, 0) is 11.3 Å². The fourth-order valence-corrected chi connectivity index (χ4v) is 2.87. The van der Waals surface area contributed by atoms with Crippen LogP contribution in [-0.4, -0.2) is 62.6 Å². The molecule has 1 aliphatic heterocycles. The number of amides is 1. The van der Waals surface area contributed by atoms with Crippen molar-refractivity contribution in [1.29, 1.82) is 0 Å². The molecule has 1 amide bonds. The normalized spacial score (nSPS) is 19.3. The van der Waals surface area contributed by atoms with Gasteiger partial charge in [-0.25, -0.2) is 0 Å². The van der Waals surface area contributed by atoms with Gasteiger partial charge >= 0.3 is 0 Å². The average Bonchev–Trinajstić information content (AvgIpc) is 2.49. The summed E-state index contributed by atoms with van der Waals surface area (Å²) in [6.45, 7) is 3.18. The Morgan fingerprint density at radius 2 is 2.29 bits per heavy atom. The highest BCUT2D eigenvalue weighted by molar-refractivity contribution is 9.10. The molecular weight excluding hydrogens is 334 g/mol. The molecule has 1 heterocycles. The van der Waals surface area contributed by atoms with Crippen molar-refractivity contribution in [3.63, 3.8) is 0 Å². The van der Waals surface area contributed by atoms with E-state index in [4.69, 9.17) is 4.74 Å². The number of likely N-dealkylation sites (N-methyl/N-ethyl adjacent to an activating group) is 1. The number of nitrogens with one attached hydrogen (secondary N) is 1. The molecule has 1 aromatic rings. The molecule has 0 aliphatic carbocycles. The number of methoxy groups -OCH3 is 1. The standard InChI is InChI=1S/C15H22BrN3O2/c1-18(2)15(20)14-9-17-6-7-19(14)10-11-8-12(21-3)4-5-13(11)16/h4-5,8,14,17H,6-7,9-10H2,1-3H3. The van der Waals surface area contributed by atoms with E-state index in [1.807, 2.05) is 18.2 Å². The Kier molecular flexibility index (Phi) is 5.61. The fourth-order valence-electron chi connectivity index (χ4n) is 2.50. The second-order valence-corrected chi connectivity index (χ2v) is 6.23. The van der Waals surface area contributed by atoms with Crippen LogP contribution in [0.25, 0.3) is 0 Å². The average molecular weight is 356 g/mol. The van der Waals surface area contributed by atoms with E-state index in [0.29, 0.717) is 6.54 Å². The van der Waals surface area contributed by atoms with E-state index >= 15 is 0 Å². The molecule has 1 atom stereocenters. The summed E-state index contributed by atoms with van der Waals surface area (Å²) in [5, 5.41) is 3.30. The van der Waals surface area contributed by atoms with Gasteiger partial charge in [-0.2, -0.15) is 0 Å². The van der Waals surface area contributed by atoms with Crippen LogP contribution in [0.1, 0.15) is 5.56 Å². The largest absolute Gasteiger partial charge is 0.497 e. The van der Waals surface area contributed by atoms with Gasteiger partial charge in [-0.05, 0) is 23.8 Å². The molecule has 1 unspecified atom stereocenters. The van der Waals surface area contributed by atoms with E-state index in [1.54, 1.807) is 26.1 Å². The molecule has 1 aliphatic rings. The zero-order valence-electron chi connectivity index (χ0n) is 12.7. The third-order valence-corrected chi connectivity index (χ3v) is 4.48. The minimum absolute atomic E-state index is 0.119. The van der Waals surface area contributed by atoms with Crippen LogP contribution >= 0.6 is 15.9 Å². The lowest BCUT2D eigenvalue weighted by molar-refractivity contribution is -0.135. The molecule has 0 saturated carbocycles. The minimum Gasteiger partial charge on any atom is -0.497 e. The van der Waals surface area contributed by atoms with Crippen molar-refractivity contribution in [2.75, 3.05) is 40.8 Å². The van der Waals surface area contributed by atoms with E-state index < -0.39 is 0 Å². The molecule has 1 N–H and O–H groups in total. The Bertz CT molecular complexity index is 508. The lowest BCUT2D eigenvalue weighted by Gasteiger charge is -2.36. The molecule has 21 heavy (non-hydrogen) atoms. The van der Waals surface area contributed by atoms with Gasteiger partial charge in [-0.3, -0.25) is 9.69 Å². The minimum atomic E-state index is -0.119. The summed E-state index contributed by atoms with van der Waals surface area (Å²) in [7, 11) is 5.27. The summed E-state index contributed by atoms with van der Waals surface area (Å²) >= 11 is 3.58. The first-order valence-electron chi connectivity index (χ1n) is 7.01. The first-order chi connectivity index (χ1) is 10.0. The summed E-state index contributed by atoms with van der Waals surface area (Å²) in [5.41, 5.74) is 1.13. The molecule has 0 spiro atoms. The number of ether oxygens (including phenoxy) is 1. The first-order valence-corrected chi connectivity index (χ1v) is 7.80. The molecule has 0 bridgehead atoms. The summed E-state index contributed by atoms with van der Waals surface area (Å²) < 4.78 is 6.32. The van der Waals surface area contributed by atoms with Crippen molar-refractivity contribution in [3.8, 4) is 5.75 Å². The summed E-state index contributed by atoms with van der Waals surface area (Å²) in [6, 6.07) is 5.81. The predicted octanol–water partition coefficient (Wildman–Crippen LogP) is 1.32. The summed E-state index contributed by atoms with van der Waals surface area (Å²) in [4.78, 5) is 16.2. The molecule has 0 radical (unpaired) electrons. The number of carbonyl (C=O) groups excluding carboxylic acids is 1. The molecule has 0 aromatic heterocycles. The van der Waals surface area contributed by atoms with Gasteiger partial charge in [0.2, 0.25) is 5.91 Å². The molecule has 5 nitrogen and oxygen atoms in total. The van der Waals surface area contributed by atoms with Gasteiger partial charge in [-0.1, -0.05) is 15.9 Å². The Morgan fingerprint density at radius 1 is 1.52 bits per heavy atom. The van der Waals surface area contributed by atoms with Crippen molar-refractivity contribution in [3.05, 3.63) is 28.2 Å². The number of benzene rings is 1. The van der Waals surface area contributed by atoms with E-state index in [1.165, 1.54) is 0 Å². The third kappa shape index (κ3) is 3.96. The lowest BCUT2D eigenvalue weighted by Crippen LogP contribution is -2.57. The van der Waals surface area contributed by atoms with Crippen molar-refractivity contribution in [2.24, 2.45) is 0 Å². The molecule has 2 rings (SSSR count). The maximum atomic E-state index is 12.3. The van der Waals surface area contributed by atoms with Gasteiger partial charge in [0.15, 0.2) is 0 Å². The number of carbonyl (C=O) groups is 1. The van der Waals surface area contributed by atoms with Gasteiger partial charge in [0.1, 0.15) is 11.8 Å². The number of piperazine rings is 1. The quantitative estimate of drug-likeness (QED) is 0.884. The van der Waals surface area contributed by atoms with Gasteiger partial charge in [-0.15, -0.1) is 0 Å². The molecule has 1 saturated heterocycles. The Labute approximate surface area is 134 Å². The monoisotopic (exact) mass is 355 g/mol. The van der Waals surface area contributed by atoms with Gasteiger partial charge < -0.3 is 15.0 Å². The zero-order chi connectivity index (χ0) is 15.4. The van der Waals surface area contributed by atoms with Crippen LogP contribution < -0.4 is 10.1 Å². The van der Waals surface area contributed by atoms with E-state index in [0.717, 1.165) is 35.4 Å². The summed E-state index contributed by atoms with van der Waals surface area (Å²) in [5.74, 6) is 0.972. The Morgan fingerprint density at radius 3 is 2.95 bits per heavy atom. The van der Waals surface area contributed by atoms with E-state index in [2.05, 4.69) is 26.1 Å². The molecule has 116 valence electrons. The summed E-state index contributed by atoms with van der Waals surface area (Å²) in [6.07, 6.45) is 0. The number of halogens is 1. The second kappa shape index (κ2) is 7.24. The lowest BCUT2D eigenvalue weighted by atomic mass is 10.1. The van der Waals surface area contributed by atoms with Crippen molar-refractivity contribution in [2.45, 2.75) is 12.6 Å². The van der Waals surface area contributed by atoms with Crippen LogP contribution in [0.5, 0.6) is 5.75 Å². The first kappa shape index (κ1) is 16.3. The smallest absolute Gasteiger partial charge is 0.240 e. The van der Waals surface area contributed by atoms with Crippen LogP contribution in [0.15, 0.2) is 22.7 Å². The highest BCUT2D eigenvalue weighted by Gasteiger charge is 2.29. The number of rotatable bonds is 4. The second-order valence-electron chi connectivity index (χ2n) is 5.38. The molecular formula is C15H22BrN3O2. The van der Waals surface area contributed by atoms with Crippen molar-refractivity contribution < 1.29 is 9.53 Å². The number of hydrogen-bond acceptors (Lipinski definition) is 4. The highest BCUT2D eigenvalue weighted by atomic mass is 79.9. The Hall–Kier alpha value is -1.11. The van der Waals surface area contributed by atoms with Crippen LogP contribution in [0.4, 0.5) is 0 Å². The zero-order valence-corrected chi connectivity index (χ0v) is 14.3. The van der Waals surface area contributed by atoms with E-state index in [9.17, 15) is 4.79 Å². The SMILES string of the molecule is COc1ccc(Br)c(CN2CCNCC2C(=O)N(C)C)c1. The van der Waals surface area contributed by atoms with Crippen molar-refractivity contribution >= 4 is 21.8 Å². The van der Waals surface area contributed by atoms with Gasteiger partial charge in [0.05, 0.1) is 7.11 Å². The van der Waals surface area contributed by atoms with E-state index in [-0.39, 0.29) is 11.9 Å². The van der Waals surface area contributed by atoms with Crippen molar-refractivity contribution in [1.82, 2.24) is 15.1 Å². The maximum absolute atomic E-state index is 12.3. The number of nitrogens with zero attached hydrogens (tertiary/aromatic N) is 2.